The third-order valence-electron chi connectivity index (χ3n) is 2.26. The van der Waals surface area contributed by atoms with Crippen LogP contribution in [0, 0.1) is 19.7 Å². The maximum atomic E-state index is 13.3. The molecule has 0 fully saturated rings. The first-order valence-electron chi connectivity index (χ1n) is 3.90. The van der Waals surface area contributed by atoms with Crippen molar-refractivity contribution in [2.45, 2.75) is 13.8 Å². The molecular formula is C9H8ClFN2. The zero-order valence-corrected chi connectivity index (χ0v) is 8.04. The number of aromatic amines is 1. The zero-order chi connectivity index (χ0) is 9.59. The van der Waals surface area contributed by atoms with Crippen LogP contribution < -0.4 is 0 Å². The highest BCUT2D eigenvalue weighted by Crippen LogP contribution is 2.28. The molecule has 13 heavy (non-hydrogen) atoms. The lowest BCUT2D eigenvalue weighted by Crippen LogP contribution is -1.86. The summed E-state index contributed by atoms with van der Waals surface area (Å²) in [6.07, 6.45) is 0. The Morgan fingerprint density at radius 2 is 2.15 bits per heavy atom. The number of fused-ring (bicyclic) bond motifs is 1. The third-order valence-corrected chi connectivity index (χ3v) is 2.53. The summed E-state index contributed by atoms with van der Waals surface area (Å²) in [4.78, 5) is 0. The van der Waals surface area contributed by atoms with E-state index in [9.17, 15) is 4.39 Å². The first kappa shape index (κ1) is 8.51. The molecule has 0 radical (unpaired) electrons. The van der Waals surface area contributed by atoms with E-state index >= 15 is 0 Å². The van der Waals surface area contributed by atoms with E-state index in [1.807, 2.05) is 13.8 Å². The monoisotopic (exact) mass is 198 g/mol. The van der Waals surface area contributed by atoms with Crippen molar-refractivity contribution >= 4 is 22.5 Å². The molecule has 1 aromatic carbocycles. The van der Waals surface area contributed by atoms with Crippen molar-refractivity contribution in [1.82, 2.24) is 10.2 Å². The van der Waals surface area contributed by atoms with Crippen LogP contribution in [-0.4, -0.2) is 10.2 Å². The first-order chi connectivity index (χ1) is 6.11. The fourth-order valence-corrected chi connectivity index (χ4v) is 1.67. The van der Waals surface area contributed by atoms with Crippen LogP contribution in [0.25, 0.3) is 10.9 Å². The van der Waals surface area contributed by atoms with Gasteiger partial charge in [-0.05, 0) is 31.0 Å². The molecule has 0 saturated heterocycles. The van der Waals surface area contributed by atoms with Gasteiger partial charge in [0.1, 0.15) is 10.7 Å². The van der Waals surface area contributed by atoms with Crippen molar-refractivity contribution in [1.29, 1.82) is 0 Å². The van der Waals surface area contributed by atoms with E-state index in [4.69, 9.17) is 11.6 Å². The minimum atomic E-state index is -0.332. The van der Waals surface area contributed by atoms with Crippen LogP contribution in [0.4, 0.5) is 4.39 Å². The third kappa shape index (κ3) is 1.11. The van der Waals surface area contributed by atoms with Gasteiger partial charge in [0.05, 0.1) is 0 Å². The first-order valence-corrected chi connectivity index (χ1v) is 4.28. The molecule has 1 heterocycles. The van der Waals surface area contributed by atoms with E-state index in [1.165, 1.54) is 6.07 Å². The summed E-state index contributed by atoms with van der Waals surface area (Å²) in [5.41, 5.74) is 2.16. The summed E-state index contributed by atoms with van der Waals surface area (Å²) in [6.45, 7) is 3.75. The zero-order valence-electron chi connectivity index (χ0n) is 7.28. The van der Waals surface area contributed by atoms with Crippen molar-refractivity contribution in [2.75, 3.05) is 0 Å². The Morgan fingerprint density at radius 1 is 1.46 bits per heavy atom. The predicted molar refractivity (Wildman–Crippen MR) is 50.5 cm³/mol. The Hall–Kier alpha value is -1.09. The fourth-order valence-electron chi connectivity index (χ4n) is 1.40. The Bertz CT molecular complexity index is 476. The molecule has 68 valence electrons. The highest BCUT2D eigenvalue weighted by atomic mass is 35.5. The van der Waals surface area contributed by atoms with E-state index in [2.05, 4.69) is 10.2 Å². The summed E-state index contributed by atoms with van der Waals surface area (Å²) in [7, 11) is 0. The summed E-state index contributed by atoms with van der Waals surface area (Å²) in [6, 6.07) is 1.47. The molecule has 0 unspecified atom stereocenters. The number of benzene rings is 1. The number of hydrogen-bond donors (Lipinski definition) is 1. The SMILES string of the molecule is Cc1cc(F)c2n[nH]c(Cl)c2c1C. The molecule has 2 rings (SSSR count). The van der Waals surface area contributed by atoms with Gasteiger partial charge in [0.15, 0.2) is 5.82 Å². The lowest BCUT2D eigenvalue weighted by molar-refractivity contribution is 0.635. The van der Waals surface area contributed by atoms with Crippen molar-refractivity contribution in [3.8, 4) is 0 Å². The molecule has 0 bridgehead atoms. The van der Waals surface area contributed by atoms with Gasteiger partial charge in [-0.15, -0.1) is 0 Å². The molecule has 0 atom stereocenters. The van der Waals surface area contributed by atoms with Crippen LogP contribution in [-0.2, 0) is 0 Å². The molecule has 0 aliphatic heterocycles. The molecule has 0 spiro atoms. The summed E-state index contributed by atoms with van der Waals surface area (Å²) in [5, 5.41) is 7.43. The average molecular weight is 199 g/mol. The molecule has 2 aromatic rings. The maximum absolute atomic E-state index is 13.3. The topological polar surface area (TPSA) is 28.7 Å². The normalized spacial score (nSPS) is 11.1. The molecule has 0 aliphatic rings. The van der Waals surface area contributed by atoms with Gasteiger partial charge in [-0.1, -0.05) is 11.6 Å². The Morgan fingerprint density at radius 3 is 2.85 bits per heavy atom. The van der Waals surface area contributed by atoms with Gasteiger partial charge in [-0.25, -0.2) is 4.39 Å². The number of nitrogens with zero attached hydrogens (tertiary/aromatic N) is 1. The molecular weight excluding hydrogens is 191 g/mol. The lowest BCUT2D eigenvalue weighted by atomic mass is 10.1. The van der Waals surface area contributed by atoms with Crippen molar-refractivity contribution in [3.05, 3.63) is 28.2 Å². The second kappa shape index (κ2) is 2.70. The standard InChI is InChI=1S/C9H8ClFN2/c1-4-3-6(11)8-7(5(4)2)9(10)13-12-8/h3H,1-2H3,(H,12,13). The second-order valence-electron chi connectivity index (χ2n) is 3.06. The number of aryl methyl sites for hydroxylation is 2. The van der Waals surface area contributed by atoms with Crippen LogP contribution in [0.5, 0.6) is 0 Å². The average Bonchev–Trinajstić information content (AvgIpc) is 2.44. The number of aromatic nitrogens is 2. The number of nitrogens with one attached hydrogen (secondary N) is 1. The summed E-state index contributed by atoms with van der Waals surface area (Å²) >= 11 is 5.84. The van der Waals surface area contributed by atoms with Gasteiger partial charge < -0.3 is 0 Å². The summed E-state index contributed by atoms with van der Waals surface area (Å²) in [5.74, 6) is -0.332. The van der Waals surface area contributed by atoms with Crippen LogP contribution in [0.1, 0.15) is 11.1 Å². The number of rotatable bonds is 0. The Labute approximate surface area is 79.7 Å². The highest BCUT2D eigenvalue weighted by Gasteiger charge is 2.12. The van der Waals surface area contributed by atoms with Gasteiger partial charge in [-0.2, -0.15) is 5.10 Å². The molecule has 4 heteroatoms. The molecule has 1 aromatic heterocycles. The van der Waals surface area contributed by atoms with Crippen molar-refractivity contribution in [3.63, 3.8) is 0 Å². The van der Waals surface area contributed by atoms with Crippen LogP contribution in [0.2, 0.25) is 5.15 Å². The Kier molecular flexibility index (Phi) is 1.77. The van der Waals surface area contributed by atoms with E-state index < -0.39 is 0 Å². The largest absolute Gasteiger partial charge is 0.266 e. The van der Waals surface area contributed by atoms with E-state index in [0.717, 1.165) is 11.1 Å². The van der Waals surface area contributed by atoms with Crippen LogP contribution in [0.15, 0.2) is 6.07 Å². The summed E-state index contributed by atoms with van der Waals surface area (Å²) < 4.78 is 13.3. The molecule has 0 saturated carbocycles. The minimum Gasteiger partial charge on any atom is -0.266 e. The number of halogens is 2. The second-order valence-corrected chi connectivity index (χ2v) is 3.44. The molecule has 0 aliphatic carbocycles. The lowest BCUT2D eigenvalue weighted by Gasteiger charge is -2.01. The van der Waals surface area contributed by atoms with Gasteiger partial charge in [0.2, 0.25) is 0 Å². The van der Waals surface area contributed by atoms with E-state index in [0.29, 0.717) is 16.1 Å². The number of H-pyrrole nitrogens is 1. The van der Waals surface area contributed by atoms with Gasteiger partial charge in [0.25, 0.3) is 0 Å². The van der Waals surface area contributed by atoms with Gasteiger partial charge >= 0.3 is 0 Å². The van der Waals surface area contributed by atoms with Crippen molar-refractivity contribution < 1.29 is 4.39 Å². The minimum absolute atomic E-state index is 0.313. The van der Waals surface area contributed by atoms with Gasteiger partial charge in [-0.3, -0.25) is 5.10 Å². The smallest absolute Gasteiger partial charge is 0.151 e. The maximum Gasteiger partial charge on any atom is 0.151 e. The number of hydrogen-bond acceptors (Lipinski definition) is 1. The molecule has 1 N–H and O–H groups in total. The Balaban J connectivity index is 3.00. The molecule has 2 nitrogen and oxygen atoms in total. The fraction of sp³-hybridized carbons (Fsp3) is 0.222. The highest BCUT2D eigenvalue weighted by molar-refractivity contribution is 6.34. The van der Waals surface area contributed by atoms with Crippen LogP contribution >= 0.6 is 11.6 Å². The quantitative estimate of drug-likeness (QED) is 0.693. The van der Waals surface area contributed by atoms with E-state index in [1.54, 1.807) is 0 Å². The van der Waals surface area contributed by atoms with Crippen LogP contribution in [0.3, 0.4) is 0 Å². The molecule has 0 amide bonds. The predicted octanol–water partition coefficient (Wildman–Crippen LogP) is 2.97. The van der Waals surface area contributed by atoms with Crippen molar-refractivity contribution in [2.24, 2.45) is 0 Å². The van der Waals surface area contributed by atoms with E-state index in [-0.39, 0.29) is 5.82 Å². The van der Waals surface area contributed by atoms with Gasteiger partial charge in [0, 0.05) is 5.39 Å².